The molecule has 0 saturated carbocycles. The highest BCUT2D eigenvalue weighted by Gasteiger charge is 2.29. The van der Waals surface area contributed by atoms with Gasteiger partial charge in [-0.2, -0.15) is 0 Å². The fourth-order valence-corrected chi connectivity index (χ4v) is 2.45. The van der Waals surface area contributed by atoms with E-state index >= 15 is 0 Å². The number of nitrogens with one attached hydrogen (secondary N) is 2. The Labute approximate surface area is 166 Å². The van der Waals surface area contributed by atoms with Crippen LogP contribution in [0.1, 0.15) is 24.8 Å². The van der Waals surface area contributed by atoms with Gasteiger partial charge in [-0.25, -0.2) is 4.79 Å². The Morgan fingerprint density at radius 1 is 0.931 bits per heavy atom. The SMILES string of the molecule is NC(=O)C[C@H](NC(=O)[C@@H](N)Cc1ccccc1)C(=O)N[C@@H](CCC(=O)O)C(=O)O. The van der Waals surface area contributed by atoms with Crippen LogP contribution in [0.2, 0.25) is 0 Å². The molecule has 11 heteroatoms. The summed E-state index contributed by atoms with van der Waals surface area (Å²) in [6, 6.07) is 4.88. The quantitative estimate of drug-likeness (QED) is 0.236. The lowest BCUT2D eigenvalue weighted by Gasteiger charge is -2.22. The molecule has 158 valence electrons. The molecule has 3 amide bonds. The Kier molecular flexibility index (Phi) is 9.26. The van der Waals surface area contributed by atoms with E-state index in [4.69, 9.17) is 21.7 Å². The van der Waals surface area contributed by atoms with Crippen molar-refractivity contribution in [2.75, 3.05) is 0 Å². The van der Waals surface area contributed by atoms with Gasteiger partial charge in [0, 0.05) is 6.42 Å². The van der Waals surface area contributed by atoms with Crippen LogP contribution in [0.25, 0.3) is 0 Å². The van der Waals surface area contributed by atoms with Crippen molar-refractivity contribution in [2.24, 2.45) is 11.5 Å². The second kappa shape index (κ2) is 11.4. The summed E-state index contributed by atoms with van der Waals surface area (Å²) in [6.07, 6.45) is -1.28. The zero-order chi connectivity index (χ0) is 22.0. The maximum absolute atomic E-state index is 12.4. The first-order valence-corrected chi connectivity index (χ1v) is 8.73. The van der Waals surface area contributed by atoms with Gasteiger partial charge in [0.05, 0.1) is 12.5 Å². The van der Waals surface area contributed by atoms with Crippen LogP contribution >= 0.6 is 0 Å². The smallest absolute Gasteiger partial charge is 0.326 e. The Hall–Kier alpha value is -3.47. The number of carbonyl (C=O) groups is 5. The van der Waals surface area contributed by atoms with E-state index in [9.17, 15) is 24.0 Å². The van der Waals surface area contributed by atoms with Gasteiger partial charge in [-0.05, 0) is 18.4 Å². The van der Waals surface area contributed by atoms with E-state index in [0.29, 0.717) is 0 Å². The van der Waals surface area contributed by atoms with E-state index < -0.39 is 60.6 Å². The van der Waals surface area contributed by atoms with Crippen LogP contribution in [0.3, 0.4) is 0 Å². The summed E-state index contributed by atoms with van der Waals surface area (Å²) >= 11 is 0. The van der Waals surface area contributed by atoms with E-state index in [1.165, 1.54) is 0 Å². The third-order valence-corrected chi connectivity index (χ3v) is 3.93. The molecule has 0 radical (unpaired) electrons. The molecule has 1 aromatic rings. The summed E-state index contributed by atoms with van der Waals surface area (Å²) < 4.78 is 0. The van der Waals surface area contributed by atoms with Crippen molar-refractivity contribution >= 4 is 29.7 Å². The first-order chi connectivity index (χ1) is 13.6. The van der Waals surface area contributed by atoms with E-state index in [1.807, 2.05) is 0 Å². The summed E-state index contributed by atoms with van der Waals surface area (Å²) in [5, 5.41) is 22.2. The van der Waals surface area contributed by atoms with Gasteiger partial charge in [0.1, 0.15) is 12.1 Å². The molecule has 0 heterocycles. The molecule has 8 N–H and O–H groups in total. The molecule has 0 fully saturated rings. The molecule has 0 bridgehead atoms. The van der Waals surface area contributed by atoms with Gasteiger partial charge in [0.15, 0.2) is 0 Å². The summed E-state index contributed by atoms with van der Waals surface area (Å²) in [6.45, 7) is 0. The zero-order valence-corrected chi connectivity index (χ0v) is 15.5. The summed E-state index contributed by atoms with van der Waals surface area (Å²) in [7, 11) is 0. The first-order valence-electron chi connectivity index (χ1n) is 8.73. The Bertz CT molecular complexity index is 754. The summed E-state index contributed by atoms with van der Waals surface area (Å²) in [5.41, 5.74) is 11.7. The molecule has 1 rings (SSSR count). The van der Waals surface area contributed by atoms with Crippen LogP contribution in [0, 0.1) is 0 Å². The lowest BCUT2D eigenvalue weighted by molar-refractivity contribution is -0.143. The average molecular weight is 408 g/mol. The monoisotopic (exact) mass is 408 g/mol. The molecule has 0 unspecified atom stereocenters. The number of rotatable bonds is 12. The van der Waals surface area contributed by atoms with Gasteiger partial charge in [-0.1, -0.05) is 30.3 Å². The van der Waals surface area contributed by atoms with E-state index in [2.05, 4.69) is 10.6 Å². The van der Waals surface area contributed by atoms with Crippen molar-refractivity contribution in [3.8, 4) is 0 Å². The third kappa shape index (κ3) is 8.84. The van der Waals surface area contributed by atoms with Crippen LogP contribution in [-0.4, -0.2) is 58.0 Å². The molecule has 3 atom stereocenters. The van der Waals surface area contributed by atoms with Crippen LogP contribution in [-0.2, 0) is 30.4 Å². The second-order valence-corrected chi connectivity index (χ2v) is 6.36. The topological polar surface area (TPSA) is 202 Å². The van der Waals surface area contributed by atoms with E-state index in [1.54, 1.807) is 30.3 Å². The van der Waals surface area contributed by atoms with Crippen LogP contribution in [0.5, 0.6) is 0 Å². The maximum Gasteiger partial charge on any atom is 0.326 e. The lowest BCUT2D eigenvalue weighted by atomic mass is 10.0. The van der Waals surface area contributed by atoms with Crippen LogP contribution in [0.15, 0.2) is 30.3 Å². The van der Waals surface area contributed by atoms with Crippen LogP contribution < -0.4 is 22.1 Å². The van der Waals surface area contributed by atoms with Crippen molar-refractivity contribution < 1.29 is 34.2 Å². The van der Waals surface area contributed by atoms with Gasteiger partial charge >= 0.3 is 11.9 Å². The molecule has 0 aliphatic heterocycles. The highest BCUT2D eigenvalue weighted by molar-refractivity contribution is 5.94. The standard InChI is InChI=1S/C18H24N4O7/c19-11(8-10-4-2-1-3-5-10)16(26)22-13(9-14(20)23)17(27)21-12(18(28)29)6-7-15(24)25/h1-5,11-13H,6-9,19H2,(H2,20,23)(H,21,27)(H,22,26)(H,24,25)(H,28,29)/t11-,12-,13-/m0/s1. The maximum atomic E-state index is 12.4. The number of amides is 3. The first kappa shape index (κ1) is 23.6. The number of carboxylic acids is 2. The number of aliphatic carboxylic acids is 2. The lowest BCUT2D eigenvalue weighted by Crippen LogP contribution is -2.55. The van der Waals surface area contributed by atoms with E-state index in [0.717, 1.165) is 5.56 Å². The number of primary amides is 1. The molecule has 11 nitrogen and oxygen atoms in total. The molecule has 1 aromatic carbocycles. The minimum atomic E-state index is -1.51. The minimum Gasteiger partial charge on any atom is -0.481 e. The van der Waals surface area contributed by atoms with Gasteiger partial charge in [0.25, 0.3) is 0 Å². The second-order valence-electron chi connectivity index (χ2n) is 6.36. The Morgan fingerprint density at radius 3 is 2.03 bits per heavy atom. The van der Waals surface area contributed by atoms with Crippen LogP contribution in [0.4, 0.5) is 0 Å². The predicted molar refractivity (Wildman–Crippen MR) is 100 cm³/mol. The normalized spacial score (nSPS) is 13.6. The number of carbonyl (C=O) groups excluding carboxylic acids is 3. The van der Waals surface area contributed by atoms with Crippen molar-refractivity contribution in [1.29, 1.82) is 0 Å². The molecule has 0 saturated heterocycles. The van der Waals surface area contributed by atoms with Gasteiger partial charge in [0.2, 0.25) is 17.7 Å². The largest absolute Gasteiger partial charge is 0.481 e. The molecule has 0 spiro atoms. The molecule has 0 aliphatic rings. The van der Waals surface area contributed by atoms with Crippen molar-refractivity contribution in [3.05, 3.63) is 35.9 Å². The molecular weight excluding hydrogens is 384 g/mol. The van der Waals surface area contributed by atoms with Crippen molar-refractivity contribution in [1.82, 2.24) is 10.6 Å². The number of nitrogens with two attached hydrogens (primary N) is 2. The highest BCUT2D eigenvalue weighted by atomic mass is 16.4. The fourth-order valence-electron chi connectivity index (χ4n) is 2.45. The number of hydrogen-bond donors (Lipinski definition) is 6. The number of hydrogen-bond acceptors (Lipinski definition) is 6. The minimum absolute atomic E-state index is 0.175. The zero-order valence-electron chi connectivity index (χ0n) is 15.5. The van der Waals surface area contributed by atoms with Gasteiger partial charge in [-0.15, -0.1) is 0 Å². The Balaban J connectivity index is 2.79. The summed E-state index contributed by atoms with van der Waals surface area (Å²) in [4.78, 5) is 57.8. The van der Waals surface area contributed by atoms with Gasteiger partial charge < -0.3 is 32.3 Å². The van der Waals surface area contributed by atoms with Crippen molar-refractivity contribution in [2.45, 2.75) is 43.8 Å². The molecule has 0 aromatic heterocycles. The average Bonchev–Trinajstić information content (AvgIpc) is 2.64. The third-order valence-electron chi connectivity index (χ3n) is 3.93. The number of carboxylic acid groups (broad SMARTS) is 2. The number of benzene rings is 1. The fraction of sp³-hybridized carbons (Fsp3) is 0.389. The molecule has 0 aliphatic carbocycles. The Morgan fingerprint density at radius 2 is 1.52 bits per heavy atom. The van der Waals surface area contributed by atoms with E-state index in [-0.39, 0.29) is 12.8 Å². The summed E-state index contributed by atoms with van der Waals surface area (Å²) in [5.74, 6) is -5.31. The van der Waals surface area contributed by atoms with Gasteiger partial charge in [-0.3, -0.25) is 19.2 Å². The molecular formula is C18H24N4O7. The predicted octanol–water partition coefficient (Wildman–Crippen LogP) is -1.65. The highest BCUT2D eigenvalue weighted by Crippen LogP contribution is 2.04. The molecule has 29 heavy (non-hydrogen) atoms. The van der Waals surface area contributed by atoms with Crippen molar-refractivity contribution in [3.63, 3.8) is 0 Å².